The molecule has 2 N–H and O–H groups in total. The number of aromatic nitrogens is 1. The molecule has 168 valence electrons. The Balaban J connectivity index is 1.81. The van der Waals surface area contributed by atoms with Gasteiger partial charge in [0.05, 0.1) is 11.5 Å². The van der Waals surface area contributed by atoms with Crippen molar-refractivity contribution in [2.24, 2.45) is 5.73 Å². The predicted octanol–water partition coefficient (Wildman–Crippen LogP) is 5.29. The molecule has 1 aliphatic rings. The van der Waals surface area contributed by atoms with Crippen LogP contribution >= 0.6 is 11.3 Å². The molecule has 0 saturated heterocycles. The first-order chi connectivity index (χ1) is 15.5. The number of thiophene rings is 1. The molecule has 4 rings (SSSR count). The zero-order chi connectivity index (χ0) is 24.0. The molecule has 3 aromatic rings. The van der Waals surface area contributed by atoms with Crippen molar-refractivity contribution in [1.29, 1.82) is 5.26 Å². The number of nitrogens with two attached hydrogens (primary N) is 1. The minimum atomic E-state index is -0.611. The molecule has 1 amide bonds. The number of carbonyl (C=O) groups excluding carboxylic acids is 1. The van der Waals surface area contributed by atoms with E-state index in [1.807, 2.05) is 17.5 Å². The Morgan fingerprint density at radius 3 is 2.48 bits per heavy atom. The van der Waals surface area contributed by atoms with Crippen LogP contribution in [0.4, 0.5) is 0 Å². The Morgan fingerprint density at radius 1 is 1.15 bits per heavy atom. The van der Waals surface area contributed by atoms with Crippen molar-refractivity contribution in [1.82, 2.24) is 9.88 Å². The first-order valence-corrected chi connectivity index (χ1v) is 11.7. The molecule has 0 saturated carbocycles. The average molecular weight is 457 g/mol. The summed E-state index contributed by atoms with van der Waals surface area (Å²) in [5.74, 6) is 0.0242. The van der Waals surface area contributed by atoms with Crippen LogP contribution in [-0.2, 0) is 15.6 Å². The van der Waals surface area contributed by atoms with Crippen LogP contribution in [0, 0.1) is 11.3 Å². The fourth-order valence-corrected chi connectivity index (χ4v) is 5.46. The third kappa shape index (κ3) is 4.05. The van der Waals surface area contributed by atoms with Crippen LogP contribution in [-0.4, -0.2) is 22.8 Å². The van der Waals surface area contributed by atoms with Gasteiger partial charge < -0.3 is 10.6 Å². The van der Waals surface area contributed by atoms with Gasteiger partial charge in [0.15, 0.2) is 0 Å². The van der Waals surface area contributed by atoms with Gasteiger partial charge in [-0.15, -0.1) is 11.3 Å². The largest absolute Gasteiger partial charge is 0.385 e. The number of nitrogens with zero attached hydrogens (tertiary/aromatic N) is 3. The predicted molar refractivity (Wildman–Crippen MR) is 133 cm³/mol. The van der Waals surface area contributed by atoms with Gasteiger partial charge in [0.2, 0.25) is 5.91 Å². The zero-order valence-corrected chi connectivity index (χ0v) is 20.4. The molecule has 5 nitrogen and oxygen atoms in total. The summed E-state index contributed by atoms with van der Waals surface area (Å²) in [6, 6.07) is 14.4. The summed E-state index contributed by atoms with van der Waals surface area (Å²) in [5, 5.41) is 11.3. The monoisotopic (exact) mass is 456 g/mol. The van der Waals surface area contributed by atoms with Crippen LogP contribution in [0.3, 0.4) is 0 Å². The van der Waals surface area contributed by atoms with E-state index in [9.17, 15) is 10.1 Å². The number of carbonyl (C=O) groups is 1. The fourth-order valence-electron chi connectivity index (χ4n) is 4.37. The molecular weight excluding hydrogens is 428 g/mol. The number of pyridine rings is 1. The summed E-state index contributed by atoms with van der Waals surface area (Å²) in [7, 11) is 1.73. The van der Waals surface area contributed by atoms with Gasteiger partial charge in [-0.1, -0.05) is 45.0 Å². The van der Waals surface area contributed by atoms with Gasteiger partial charge in [-0.05, 0) is 52.6 Å². The summed E-state index contributed by atoms with van der Waals surface area (Å²) >= 11 is 1.59. The van der Waals surface area contributed by atoms with Crippen molar-refractivity contribution >= 4 is 17.2 Å². The molecule has 0 bridgehead atoms. The Kier molecular flexibility index (Phi) is 5.63. The van der Waals surface area contributed by atoms with Gasteiger partial charge in [0.1, 0.15) is 11.9 Å². The van der Waals surface area contributed by atoms with Gasteiger partial charge in [-0.3, -0.25) is 9.78 Å². The van der Waals surface area contributed by atoms with Crippen molar-refractivity contribution in [3.63, 3.8) is 0 Å². The first-order valence-electron chi connectivity index (χ1n) is 10.9. The standard InChI is InChI=1S/C27H28N4OS/c1-26(2,3)21-8-6-18(7-9-21)24-25(32)31(5)23(29)12-27(24,4)22-11-20(16-33-22)19-10-17(13-28)14-30-15-19/h6-12,14-16,24H,29H2,1-5H3/t24-,27+/m0/s1. The van der Waals surface area contributed by atoms with E-state index in [4.69, 9.17) is 5.73 Å². The van der Waals surface area contributed by atoms with Gasteiger partial charge in [0, 0.05) is 35.3 Å². The molecule has 1 aromatic carbocycles. The quantitative estimate of drug-likeness (QED) is 0.580. The van der Waals surface area contributed by atoms with Crippen LogP contribution in [0.25, 0.3) is 11.1 Å². The minimum Gasteiger partial charge on any atom is -0.385 e. The molecule has 0 fully saturated rings. The van der Waals surface area contributed by atoms with Gasteiger partial charge in [-0.2, -0.15) is 5.26 Å². The van der Waals surface area contributed by atoms with Crippen molar-refractivity contribution in [3.05, 3.63) is 87.6 Å². The van der Waals surface area contributed by atoms with Crippen LogP contribution < -0.4 is 5.73 Å². The highest BCUT2D eigenvalue weighted by atomic mass is 32.1. The Hall–Kier alpha value is -3.43. The molecule has 0 aliphatic carbocycles. The number of rotatable bonds is 3. The number of hydrogen-bond acceptors (Lipinski definition) is 5. The second kappa shape index (κ2) is 8.17. The maximum atomic E-state index is 13.5. The van der Waals surface area contributed by atoms with E-state index >= 15 is 0 Å². The van der Waals surface area contributed by atoms with Crippen molar-refractivity contribution in [2.75, 3.05) is 7.05 Å². The summed E-state index contributed by atoms with van der Waals surface area (Å²) in [6.07, 6.45) is 5.30. The highest BCUT2D eigenvalue weighted by Gasteiger charge is 2.46. The molecule has 2 atom stereocenters. The number of amides is 1. The van der Waals surface area contributed by atoms with Crippen molar-refractivity contribution in [3.8, 4) is 17.2 Å². The maximum absolute atomic E-state index is 13.5. The summed E-state index contributed by atoms with van der Waals surface area (Å²) in [6.45, 7) is 8.61. The van der Waals surface area contributed by atoms with E-state index in [-0.39, 0.29) is 11.3 Å². The highest BCUT2D eigenvalue weighted by Crippen LogP contribution is 2.48. The van der Waals surface area contributed by atoms with Crippen LogP contribution in [0.15, 0.2) is 66.1 Å². The lowest BCUT2D eigenvalue weighted by atomic mass is 9.69. The topological polar surface area (TPSA) is 83.0 Å². The molecule has 2 aromatic heterocycles. The number of allylic oxidation sites excluding steroid dienone is 1. The van der Waals surface area contributed by atoms with E-state index in [2.05, 4.69) is 69.1 Å². The van der Waals surface area contributed by atoms with Gasteiger partial charge >= 0.3 is 0 Å². The number of nitriles is 1. The SMILES string of the molecule is CN1C(=O)[C@H](c2ccc(C(C)(C)C)cc2)[C@@](C)(c2cc(-c3cncc(C#N)c3)cs2)C=C1N. The Bertz CT molecular complexity index is 1280. The Morgan fingerprint density at radius 2 is 1.85 bits per heavy atom. The van der Waals surface area contributed by atoms with Crippen LogP contribution in [0.1, 0.15) is 55.2 Å². The zero-order valence-electron chi connectivity index (χ0n) is 19.6. The molecule has 3 heterocycles. The lowest BCUT2D eigenvalue weighted by Gasteiger charge is -2.41. The lowest BCUT2D eigenvalue weighted by molar-refractivity contribution is -0.132. The minimum absolute atomic E-state index is 0.0240. The summed E-state index contributed by atoms with van der Waals surface area (Å²) in [4.78, 5) is 20.3. The van der Waals surface area contributed by atoms with E-state index in [0.717, 1.165) is 21.6 Å². The molecular formula is C27H28N4OS. The number of hydrogen-bond donors (Lipinski definition) is 1. The fraction of sp³-hybridized carbons (Fsp3) is 0.296. The van der Waals surface area contributed by atoms with E-state index in [1.54, 1.807) is 35.7 Å². The van der Waals surface area contributed by atoms with Gasteiger partial charge in [-0.25, -0.2) is 0 Å². The maximum Gasteiger partial charge on any atom is 0.236 e. The van der Waals surface area contributed by atoms with Gasteiger partial charge in [0.25, 0.3) is 0 Å². The second-order valence-electron chi connectivity index (χ2n) is 9.83. The van der Waals surface area contributed by atoms with E-state index < -0.39 is 11.3 Å². The summed E-state index contributed by atoms with van der Waals surface area (Å²) < 4.78 is 0. The van der Waals surface area contributed by atoms with E-state index in [0.29, 0.717) is 11.4 Å². The Labute approximate surface area is 199 Å². The third-order valence-electron chi connectivity index (χ3n) is 6.45. The third-order valence-corrected chi connectivity index (χ3v) is 7.64. The van der Waals surface area contributed by atoms with Crippen molar-refractivity contribution in [2.45, 2.75) is 44.4 Å². The normalized spacial score (nSPS) is 21.0. The molecule has 0 unspecified atom stereocenters. The lowest BCUT2D eigenvalue weighted by Crippen LogP contribution is -2.47. The number of likely N-dealkylation sites (N-methyl/N-ethyl adjacent to an activating group) is 1. The van der Waals surface area contributed by atoms with Crippen LogP contribution in [0.5, 0.6) is 0 Å². The average Bonchev–Trinajstić information content (AvgIpc) is 3.29. The molecule has 6 heteroatoms. The molecule has 0 spiro atoms. The molecule has 1 aliphatic heterocycles. The van der Waals surface area contributed by atoms with E-state index in [1.165, 1.54) is 5.56 Å². The highest BCUT2D eigenvalue weighted by molar-refractivity contribution is 7.10. The summed E-state index contributed by atoms with van der Waals surface area (Å²) in [5.41, 5.74) is 10.3. The van der Waals surface area contributed by atoms with Crippen molar-refractivity contribution < 1.29 is 4.79 Å². The number of benzene rings is 1. The molecule has 0 radical (unpaired) electrons. The molecule has 33 heavy (non-hydrogen) atoms. The van der Waals surface area contributed by atoms with Crippen LogP contribution in [0.2, 0.25) is 0 Å². The first kappa shape index (κ1) is 22.8. The second-order valence-corrected chi connectivity index (χ2v) is 10.7. The smallest absolute Gasteiger partial charge is 0.236 e.